The fourth-order valence-electron chi connectivity index (χ4n) is 4.88. The Kier molecular flexibility index (Phi) is 14.5. The maximum Gasteiger partial charge on any atom is 0.207 e. The van der Waals surface area contributed by atoms with Crippen molar-refractivity contribution in [1.29, 1.82) is 0 Å². The van der Waals surface area contributed by atoms with Crippen LogP contribution in [0.1, 0.15) is 99.3 Å². The molecule has 204 valence electrons. The second-order valence-electron chi connectivity index (χ2n) is 10.1. The number of hydrogen-bond acceptors (Lipinski definition) is 2. The van der Waals surface area contributed by atoms with Crippen molar-refractivity contribution in [1.82, 2.24) is 0 Å². The topological polar surface area (TPSA) is 34.1 Å². The molecular weight excluding hydrogens is 608 g/mol. The lowest BCUT2D eigenvalue weighted by molar-refractivity contribution is 0.593. The van der Waals surface area contributed by atoms with Gasteiger partial charge in [-0.3, -0.25) is 0 Å². The van der Waals surface area contributed by atoms with Gasteiger partial charge in [0.1, 0.15) is 0 Å². The molecule has 0 amide bonds. The van der Waals surface area contributed by atoms with E-state index in [9.17, 15) is 8.42 Å². The van der Waals surface area contributed by atoms with Crippen molar-refractivity contribution in [3.05, 3.63) is 80.8 Å². The highest BCUT2D eigenvalue weighted by atomic mass is 79.9. The van der Waals surface area contributed by atoms with Gasteiger partial charge in [-0.2, -0.15) is 0 Å². The Labute approximate surface area is 243 Å². The molecule has 0 aliphatic carbocycles. The Bertz CT molecular complexity index is 1050. The molecule has 0 saturated heterocycles. The Hall–Kier alpha value is -1.17. The Morgan fingerprint density at radius 3 is 1.35 bits per heavy atom. The minimum Gasteiger partial charge on any atom is -0.218 e. The standard InChI is InChI=1S/C32H44Br2O2S/c1-5-7-9-11-13-15-17-19-27-21-29(33)23-31(25(27)3)37(35,36)32-24-30(34)22-28(26(32)4)20-18-16-14-12-10-8-6-2/h5-6,21-24H,1-2,7-20H2,3-4H3. The summed E-state index contributed by atoms with van der Waals surface area (Å²) in [6.45, 7) is 11.5. The molecule has 0 aliphatic rings. The van der Waals surface area contributed by atoms with Crippen molar-refractivity contribution < 1.29 is 8.42 Å². The summed E-state index contributed by atoms with van der Waals surface area (Å²) in [5, 5.41) is 0. The number of aryl methyl sites for hydroxylation is 2. The summed E-state index contributed by atoms with van der Waals surface area (Å²) in [4.78, 5) is 0.828. The van der Waals surface area contributed by atoms with Gasteiger partial charge < -0.3 is 0 Å². The van der Waals surface area contributed by atoms with Crippen LogP contribution in [0.15, 0.2) is 68.3 Å². The van der Waals surface area contributed by atoms with E-state index in [0.717, 1.165) is 82.6 Å². The van der Waals surface area contributed by atoms with Gasteiger partial charge in [0.05, 0.1) is 9.79 Å². The molecule has 0 atom stereocenters. The predicted molar refractivity (Wildman–Crippen MR) is 166 cm³/mol. The number of benzene rings is 2. The summed E-state index contributed by atoms with van der Waals surface area (Å²) in [6.07, 6.45) is 19.6. The van der Waals surface area contributed by atoms with Gasteiger partial charge >= 0.3 is 0 Å². The zero-order valence-corrected chi connectivity index (χ0v) is 26.7. The average Bonchev–Trinajstić information content (AvgIpc) is 2.86. The Morgan fingerprint density at radius 2 is 0.973 bits per heavy atom. The Balaban J connectivity index is 2.18. The minimum atomic E-state index is -3.66. The van der Waals surface area contributed by atoms with E-state index in [1.165, 1.54) is 38.5 Å². The molecule has 0 aromatic heterocycles. The monoisotopic (exact) mass is 650 g/mol. The molecule has 0 unspecified atom stereocenters. The van der Waals surface area contributed by atoms with Crippen LogP contribution < -0.4 is 0 Å². The smallest absolute Gasteiger partial charge is 0.207 e. The molecule has 0 fully saturated rings. The second kappa shape index (κ2) is 16.7. The van der Waals surface area contributed by atoms with Crippen LogP contribution in [0, 0.1) is 13.8 Å². The summed E-state index contributed by atoms with van der Waals surface area (Å²) in [5.41, 5.74) is 3.97. The number of rotatable bonds is 18. The second-order valence-corrected chi connectivity index (χ2v) is 13.8. The van der Waals surface area contributed by atoms with Crippen LogP contribution in [0.5, 0.6) is 0 Å². The van der Waals surface area contributed by atoms with Gasteiger partial charge in [-0.25, -0.2) is 8.42 Å². The quantitative estimate of drug-likeness (QED) is 0.119. The van der Waals surface area contributed by atoms with E-state index in [1.807, 2.05) is 26.0 Å². The molecule has 0 saturated carbocycles. The zero-order chi connectivity index (χ0) is 27.3. The van der Waals surface area contributed by atoms with E-state index in [2.05, 4.69) is 57.2 Å². The molecule has 2 aromatic rings. The molecule has 0 bridgehead atoms. The third kappa shape index (κ3) is 10.1. The largest absolute Gasteiger partial charge is 0.218 e. The molecule has 2 rings (SSSR count). The van der Waals surface area contributed by atoms with E-state index in [4.69, 9.17) is 0 Å². The first kappa shape index (κ1) is 32.0. The van der Waals surface area contributed by atoms with E-state index >= 15 is 0 Å². The van der Waals surface area contributed by atoms with Crippen molar-refractivity contribution in [3.63, 3.8) is 0 Å². The summed E-state index contributed by atoms with van der Waals surface area (Å²) >= 11 is 7.17. The summed E-state index contributed by atoms with van der Waals surface area (Å²) in [5.74, 6) is 0. The predicted octanol–water partition coefficient (Wildman–Crippen LogP) is 10.8. The molecule has 2 nitrogen and oxygen atoms in total. The maximum absolute atomic E-state index is 14.0. The van der Waals surface area contributed by atoms with Crippen LogP contribution in [0.3, 0.4) is 0 Å². The maximum atomic E-state index is 14.0. The fourth-order valence-corrected chi connectivity index (χ4v) is 8.06. The van der Waals surface area contributed by atoms with Crippen LogP contribution in [-0.2, 0) is 22.7 Å². The number of sulfone groups is 1. The van der Waals surface area contributed by atoms with Crippen LogP contribution in [0.4, 0.5) is 0 Å². The molecule has 0 heterocycles. The average molecular weight is 653 g/mol. The molecule has 2 aromatic carbocycles. The van der Waals surface area contributed by atoms with E-state index in [1.54, 1.807) is 12.1 Å². The molecule has 0 radical (unpaired) electrons. The lowest BCUT2D eigenvalue weighted by Gasteiger charge is -2.17. The normalized spacial score (nSPS) is 11.6. The first-order chi connectivity index (χ1) is 17.7. The van der Waals surface area contributed by atoms with Gasteiger partial charge in [-0.15, -0.1) is 13.2 Å². The highest BCUT2D eigenvalue weighted by molar-refractivity contribution is 9.10. The van der Waals surface area contributed by atoms with Crippen molar-refractivity contribution >= 4 is 41.7 Å². The van der Waals surface area contributed by atoms with Gasteiger partial charge in [0.25, 0.3) is 0 Å². The molecular formula is C32H44Br2O2S. The lowest BCUT2D eigenvalue weighted by atomic mass is 10.0. The molecule has 0 aliphatic heterocycles. The highest BCUT2D eigenvalue weighted by Gasteiger charge is 2.25. The van der Waals surface area contributed by atoms with Crippen LogP contribution >= 0.6 is 31.9 Å². The molecule has 5 heteroatoms. The number of unbranched alkanes of at least 4 members (excludes halogenated alkanes) is 10. The third-order valence-electron chi connectivity index (χ3n) is 7.15. The highest BCUT2D eigenvalue weighted by Crippen LogP contribution is 2.34. The third-order valence-corrected chi connectivity index (χ3v) is 10.1. The summed E-state index contributed by atoms with van der Waals surface area (Å²) in [7, 11) is -3.66. The van der Waals surface area contributed by atoms with Crippen LogP contribution in [0.2, 0.25) is 0 Å². The SMILES string of the molecule is C=CCCCCCCCc1cc(Br)cc(S(=O)(=O)c2cc(Br)cc(CCCCCCCC=C)c2C)c1C. The van der Waals surface area contributed by atoms with Crippen molar-refractivity contribution in [2.75, 3.05) is 0 Å². The fraction of sp³-hybridized carbons (Fsp3) is 0.500. The zero-order valence-electron chi connectivity index (χ0n) is 22.8. The number of halogens is 2. The lowest BCUT2D eigenvalue weighted by Crippen LogP contribution is -2.10. The van der Waals surface area contributed by atoms with Crippen molar-refractivity contribution in [2.45, 2.75) is 114 Å². The first-order valence-electron chi connectivity index (χ1n) is 13.8. The van der Waals surface area contributed by atoms with Gasteiger partial charge in [0.2, 0.25) is 9.84 Å². The van der Waals surface area contributed by atoms with Gasteiger partial charge in [0.15, 0.2) is 0 Å². The molecule has 0 spiro atoms. The summed E-state index contributed by atoms with van der Waals surface area (Å²) in [6, 6.07) is 7.71. The van der Waals surface area contributed by atoms with Crippen LogP contribution in [-0.4, -0.2) is 8.42 Å². The minimum absolute atomic E-state index is 0.414. The van der Waals surface area contributed by atoms with E-state index < -0.39 is 9.84 Å². The van der Waals surface area contributed by atoms with Crippen LogP contribution in [0.25, 0.3) is 0 Å². The van der Waals surface area contributed by atoms with Gasteiger partial charge in [-0.05, 0) is 112 Å². The number of hydrogen-bond donors (Lipinski definition) is 0. The summed E-state index contributed by atoms with van der Waals surface area (Å²) < 4.78 is 29.6. The van der Waals surface area contributed by atoms with E-state index in [-0.39, 0.29) is 0 Å². The van der Waals surface area contributed by atoms with Gasteiger partial charge in [0, 0.05) is 8.95 Å². The van der Waals surface area contributed by atoms with Gasteiger partial charge in [-0.1, -0.05) is 82.5 Å². The number of allylic oxidation sites excluding steroid dienone is 2. The molecule has 37 heavy (non-hydrogen) atoms. The first-order valence-corrected chi connectivity index (χ1v) is 16.8. The Morgan fingerprint density at radius 1 is 0.622 bits per heavy atom. The van der Waals surface area contributed by atoms with Crippen molar-refractivity contribution in [3.8, 4) is 0 Å². The van der Waals surface area contributed by atoms with E-state index in [0.29, 0.717) is 9.79 Å². The molecule has 0 N–H and O–H groups in total. The van der Waals surface area contributed by atoms with Crippen molar-refractivity contribution in [2.24, 2.45) is 0 Å².